The Hall–Kier alpha value is -2.83. The summed E-state index contributed by atoms with van der Waals surface area (Å²) < 4.78 is 56.2. The fourth-order valence-corrected chi connectivity index (χ4v) is 1.37. The molecule has 0 amide bonds. The van der Waals surface area contributed by atoms with Gasteiger partial charge in [0.1, 0.15) is 23.1 Å². The summed E-state index contributed by atoms with van der Waals surface area (Å²) in [6, 6.07) is 2.42. The van der Waals surface area contributed by atoms with E-state index >= 15 is 0 Å². The number of ether oxygens (including phenoxy) is 1. The van der Waals surface area contributed by atoms with E-state index in [9.17, 15) is 17.6 Å². The fourth-order valence-electron chi connectivity index (χ4n) is 1.37. The highest BCUT2D eigenvalue weighted by molar-refractivity contribution is 6.45. The molecule has 0 spiro atoms. The summed E-state index contributed by atoms with van der Waals surface area (Å²) in [5, 5.41) is 18.9. The predicted molar refractivity (Wildman–Crippen MR) is 66.5 cm³/mol. The standard InChI is InChI=1S/C11H9F4N5O/c1-21-9-6(11(13,14)15)2-5(12)3-7(9)19-20-8(4-16)10(17)18/h2-3,19H,1H3,(H3,17,18)/b20-8+. The highest BCUT2D eigenvalue weighted by atomic mass is 19.4. The minimum atomic E-state index is -4.84. The number of nitrogens with two attached hydrogens (primary N) is 1. The van der Waals surface area contributed by atoms with E-state index in [2.05, 4.69) is 9.84 Å². The molecule has 0 aromatic heterocycles. The van der Waals surface area contributed by atoms with Gasteiger partial charge in [0.25, 0.3) is 0 Å². The van der Waals surface area contributed by atoms with Gasteiger partial charge in [-0.1, -0.05) is 0 Å². The average molecular weight is 303 g/mol. The number of hydrogen-bond donors (Lipinski definition) is 3. The van der Waals surface area contributed by atoms with Gasteiger partial charge >= 0.3 is 6.18 Å². The fraction of sp³-hybridized carbons (Fsp3) is 0.182. The topological polar surface area (TPSA) is 107 Å². The molecule has 0 aliphatic rings. The van der Waals surface area contributed by atoms with Crippen LogP contribution in [0.15, 0.2) is 17.2 Å². The van der Waals surface area contributed by atoms with E-state index in [4.69, 9.17) is 16.4 Å². The molecule has 1 aromatic carbocycles. The normalized spacial score (nSPS) is 11.7. The van der Waals surface area contributed by atoms with Crippen LogP contribution in [0.5, 0.6) is 5.75 Å². The lowest BCUT2D eigenvalue weighted by atomic mass is 10.1. The van der Waals surface area contributed by atoms with Gasteiger partial charge in [-0.25, -0.2) is 4.39 Å². The van der Waals surface area contributed by atoms with Crippen LogP contribution < -0.4 is 15.9 Å². The van der Waals surface area contributed by atoms with Crippen molar-refractivity contribution in [3.8, 4) is 11.8 Å². The molecule has 1 rings (SSSR count). The van der Waals surface area contributed by atoms with Gasteiger partial charge in [0.05, 0.1) is 7.11 Å². The molecule has 0 aliphatic heterocycles. The zero-order chi connectivity index (χ0) is 16.2. The molecule has 0 saturated heterocycles. The van der Waals surface area contributed by atoms with Crippen molar-refractivity contribution in [3.63, 3.8) is 0 Å². The quantitative estimate of drug-likeness (QED) is 0.342. The van der Waals surface area contributed by atoms with Crippen LogP contribution in [0.3, 0.4) is 0 Å². The maximum absolute atomic E-state index is 13.3. The zero-order valence-corrected chi connectivity index (χ0v) is 10.5. The maximum atomic E-state index is 13.3. The average Bonchev–Trinajstić information content (AvgIpc) is 2.37. The van der Waals surface area contributed by atoms with Crippen LogP contribution in [-0.2, 0) is 6.18 Å². The van der Waals surface area contributed by atoms with Crippen LogP contribution in [0.2, 0.25) is 0 Å². The molecular formula is C11H9F4N5O. The highest BCUT2D eigenvalue weighted by Crippen LogP contribution is 2.41. The van der Waals surface area contributed by atoms with Gasteiger partial charge < -0.3 is 10.5 Å². The molecule has 112 valence electrons. The third-order valence-electron chi connectivity index (χ3n) is 2.21. The molecule has 4 N–H and O–H groups in total. The van der Waals surface area contributed by atoms with Crippen molar-refractivity contribution in [2.45, 2.75) is 6.18 Å². The first-order valence-corrected chi connectivity index (χ1v) is 5.23. The Morgan fingerprint density at radius 2 is 2.10 bits per heavy atom. The molecule has 0 heterocycles. The number of hydrogen-bond acceptors (Lipinski definition) is 5. The number of amidine groups is 1. The Morgan fingerprint density at radius 1 is 1.48 bits per heavy atom. The Bertz CT molecular complexity index is 633. The maximum Gasteiger partial charge on any atom is 0.420 e. The van der Waals surface area contributed by atoms with Crippen molar-refractivity contribution in [3.05, 3.63) is 23.5 Å². The second kappa shape index (κ2) is 6.08. The molecule has 21 heavy (non-hydrogen) atoms. The minimum absolute atomic E-state index is 0.268. The molecule has 10 heteroatoms. The molecule has 0 fully saturated rings. The van der Waals surface area contributed by atoms with E-state index in [1.54, 1.807) is 0 Å². The first-order valence-electron chi connectivity index (χ1n) is 5.23. The van der Waals surface area contributed by atoms with Crippen molar-refractivity contribution in [2.24, 2.45) is 10.8 Å². The largest absolute Gasteiger partial charge is 0.494 e. The van der Waals surface area contributed by atoms with Crippen LogP contribution >= 0.6 is 0 Å². The summed E-state index contributed by atoms with van der Waals surface area (Å²) in [7, 11) is 0.966. The van der Waals surface area contributed by atoms with Crippen LogP contribution in [-0.4, -0.2) is 18.7 Å². The van der Waals surface area contributed by atoms with Gasteiger partial charge in [-0.15, -0.1) is 0 Å². The summed E-state index contributed by atoms with van der Waals surface area (Å²) in [5.74, 6) is -2.58. The zero-order valence-electron chi connectivity index (χ0n) is 10.5. The van der Waals surface area contributed by atoms with E-state index in [-0.39, 0.29) is 6.07 Å². The molecule has 0 aliphatic carbocycles. The SMILES string of the molecule is COc1c(N/N=C(\C#N)C(=N)N)cc(F)cc1C(F)(F)F. The van der Waals surface area contributed by atoms with Gasteiger partial charge in [0.15, 0.2) is 11.6 Å². The molecule has 0 saturated carbocycles. The molecule has 0 radical (unpaired) electrons. The van der Waals surface area contributed by atoms with E-state index in [1.807, 2.05) is 5.43 Å². The Balaban J connectivity index is 3.34. The molecule has 6 nitrogen and oxygen atoms in total. The van der Waals surface area contributed by atoms with Crippen molar-refractivity contribution in [1.82, 2.24) is 0 Å². The van der Waals surface area contributed by atoms with Crippen molar-refractivity contribution in [1.29, 1.82) is 10.7 Å². The minimum Gasteiger partial charge on any atom is -0.494 e. The Labute approximate surface area is 116 Å². The highest BCUT2D eigenvalue weighted by Gasteiger charge is 2.36. The predicted octanol–water partition coefficient (Wildman–Crippen LogP) is 2.08. The van der Waals surface area contributed by atoms with Gasteiger partial charge in [-0.2, -0.15) is 23.5 Å². The number of halogens is 4. The first-order chi connectivity index (χ1) is 9.70. The number of rotatable bonds is 4. The van der Waals surface area contributed by atoms with E-state index in [0.29, 0.717) is 6.07 Å². The van der Waals surface area contributed by atoms with Crippen LogP contribution in [0.1, 0.15) is 5.56 Å². The molecule has 0 unspecified atom stereocenters. The van der Waals surface area contributed by atoms with Crippen molar-refractivity contribution in [2.75, 3.05) is 12.5 Å². The van der Waals surface area contributed by atoms with Crippen molar-refractivity contribution < 1.29 is 22.3 Å². The lowest BCUT2D eigenvalue weighted by molar-refractivity contribution is -0.138. The molecular weight excluding hydrogens is 294 g/mol. The molecule has 0 atom stereocenters. The molecule has 0 bridgehead atoms. The number of nitriles is 1. The lowest BCUT2D eigenvalue weighted by Gasteiger charge is -2.15. The smallest absolute Gasteiger partial charge is 0.420 e. The van der Waals surface area contributed by atoms with Crippen molar-refractivity contribution >= 4 is 17.2 Å². The number of methoxy groups -OCH3 is 1. The number of anilines is 1. The Kier molecular flexibility index (Phi) is 4.70. The van der Waals surface area contributed by atoms with Gasteiger partial charge in [0.2, 0.25) is 5.71 Å². The summed E-state index contributed by atoms with van der Waals surface area (Å²) in [6.07, 6.45) is -4.84. The monoisotopic (exact) mass is 303 g/mol. The number of nitrogens with zero attached hydrogens (tertiary/aromatic N) is 2. The van der Waals surface area contributed by atoms with E-state index in [1.165, 1.54) is 6.07 Å². The third-order valence-corrected chi connectivity index (χ3v) is 2.21. The van der Waals surface area contributed by atoms with E-state index in [0.717, 1.165) is 7.11 Å². The van der Waals surface area contributed by atoms with E-state index < -0.39 is 40.5 Å². The second-order valence-electron chi connectivity index (χ2n) is 3.63. The number of nitrogens with one attached hydrogen (secondary N) is 2. The Morgan fingerprint density at radius 3 is 2.52 bits per heavy atom. The summed E-state index contributed by atoms with van der Waals surface area (Å²) in [4.78, 5) is 0. The summed E-state index contributed by atoms with van der Waals surface area (Å²) in [5.41, 5.74) is 4.67. The van der Waals surface area contributed by atoms with Crippen LogP contribution in [0.25, 0.3) is 0 Å². The molecule has 1 aromatic rings. The second-order valence-corrected chi connectivity index (χ2v) is 3.63. The third kappa shape index (κ3) is 3.82. The number of benzene rings is 1. The number of alkyl halides is 3. The number of hydrazone groups is 1. The lowest BCUT2D eigenvalue weighted by Crippen LogP contribution is -2.22. The first kappa shape index (κ1) is 16.2. The summed E-state index contributed by atoms with van der Waals surface area (Å²) in [6.45, 7) is 0. The van der Waals surface area contributed by atoms with Crippen LogP contribution in [0, 0.1) is 22.6 Å². The van der Waals surface area contributed by atoms with Gasteiger partial charge in [-0.05, 0) is 6.07 Å². The van der Waals surface area contributed by atoms with Gasteiger partial charge in [0, 0.05) is 6.07 Å². The summed E-state index contributed by atoms with van der Waals surface area (Å²) >= 11 is 0. The van der Waals surface area contributed by atoms with Crippen LogP contribution in [0.4, 0.5) is 23.2 Å². The van der Waals surface area contributed by atoms with Gasteiger partial charge in [-0.3, -0.25) is 10.8 Å².